The van der Waals surface area contributed by atoms with Gasteiger partial charge in [-0.25, -0.2) is 9.78 Å². The third kappa shape index (κ3) is 3.15. The summed E-state index contributed by atoms with van der Waals surface area (Å²) in [7, 11) is 0. The zero-order valence-electron chi connectivity index (χ0n) is 14.5. The standard InChI is InChI=1S/C20H17ClN4O2/c1-12(19-23-10-17(24-19)13-5-3-2-4-6-13)25(20(26)27)18-11-22-16-9-14(21)7-8-15(16)18/h2-12,22H,1H3,(H,23,24)(H,26,27). The number of nitrogens with one attached hydrogen (secondary N) is 2. The van der Waals surface area contributed by atoms with E-state index in [1.807, 2.05) is 36.4 Å². The molecule has 0 saturated carbocycles. The van der Waals surface area contributed by atoms with Crippen LogP contribution in [0.2, 0.25) is 5.02 Å². The summed E-state index contributed by atoms with van der Waals surface area (Å²) in [5.74, 6) is 0.569. The van der Waals surface area contributed by atoms with Gasteiger partial charge in [0.1, 0.15) is 5.82 Å². The van der Waals surface area contributed by atoms with Gasteiger partial charge in [0.25, 0.3) is 0 Å². The van der Waals surface area contributed by atoms with Gasteiger partial charge in [0.2, 0.25) is 0 Å². The second-order valence-corrected chi connectivity index (χ2v) is 6.67. The van der Waals surface area contributed by atoms with E-state index in [0.29, 0.717) is 16.5 Å². The first-order chi connectivity index (χ1) is 13.0. The average molecular weight is 381 g/mol. The maximum atomic E-state index is 12.0. The number of imidazole rings is 1. The Hall–Kier alpha value is -3.25. The monoisotopic (exact) mass is 380 g/mol. The van der Waals surface area contributed by atoms with E-state index in [4.69, 9.17) is 11.6 Å². The van der Waals surface area contributed by atoms with Crippen LogP contribution in [0.4, 0.5) is 10.5 Å². The van der Waals surface area contributed by atoms with Crippen molar-refractivity contribution < 1.29 is 9.90 Å². The van der Waals surface area contributed by atoms with Crippen LogP contribution in [-0.4, -0.2) is 26.2 Å². The first-order valence-electron chi connectivity index (χ1n) is 8.44. The highest BCUT2D eigenvalue weighted by Crippen LogP contribution is 2.34. The minimum atomic E-state index is -1.06. The van der Waals surface area contributed by atoms with Crippen LogP contribution in [0.1, 0.15) is 18.8 Å². The molecule has 7 heteroatoms. The van der Waals surface area contributed by atoms with Gasteiger partial charge >= 0.3 is 6.09 Å². The lowest BCUT2D eigenvalue weighted by Gasteiger charge is -2.24. The third-order valence-electron chi connectivity index (χ3n) is 4.54. The fraction of sp³-hybridized carbons (Fsp3) is 0.100. The molecule has 136 valence electrons. The lowest BCUT2D eigenvalue weighted by molar-refractivity contribution is 0.199. The number of amides is 1. The smallest absolute Gasteiger partial charge is 0.412 e. The summed E-state index contributed by atoms with van der Waals surface area (Å²) in [5, 5.41) is 11.2. The molecule has 4 aromatic rings. The van der Waals surface area contributed by atoms with Gasteiger partial charge in [0.05, 0.1) is 17.4 Å². The normalized spacial score (nSPS) is 12.2. The number of carboxylic acid groups (broad SMARTS) is 1. The number of aromatic nitrogens is 3. The predicted octanol–water partition coefficient (Wildman–Crippen LogP) is 5.46. The van der Waals surface area contributed by atoms with Gasteiger partial charge in [-0.05, 0) is 25.1 Å². The molecule has 1 unspecified atom stereocenters. The van der Waals surface area contributed by atoms with Crippen LogP contribution in [0.3, 0.4) is 0 Å². The molecule has 0 fully saturated rings. The number of halogens is 1. The Bertz CT molecular complexity index is 1100. The van der Waals surface area contributed by atoms with Gasteiger partial charge in [-0.15, -0.1) is 0 Å². The molecule has 0 aliphatic heterocycles. The van der Waals surface area contributed by atoms with Crippen molar-refractivity contribution in [2.45, 2.75) is 13.0 Å². The molecule has 2 aromatic carbocycles. The third-order valence-corrected chi connectivity index (χ3v) is 4.77. The molecule has 1 atom stereocenters. The minimum absolute atomic E-state index is 0.505. The van der Waals surface area contributed by atoms with Crippen LogP contribution < -0.4 is 4.90 Å². The number of H-pyrrole nitrogens is 2. The molecule has 3 N–H and O–H groups in total. The van der Waals surface area contributed by atoms with Crippen LogP contribution >= 0.6 is 11.6 Å². The van der Waals surface area contributed by atoms with Gasteiger partial charge in [0.15, 0.2) is 0 Å². The second kappa shape index (κ2) is 6.81. The number of aromatic amines is 2. The summed E-state index contributed by atoms with van der Waals surface area (Å²) in [6.07, 6.45) is 2.40. The molecule has 0 spiro atoms. The number of benzene rings is 2. The predicted molar refractivity (Wildman–Crippen MR) is 106 cm³/mol. The lowest BCUT2D eigenvalue weighted by atomic mass is 10.2. The van der Waals surface area contributed by atoms with Gasteiger partial charge in [-0.2, -0.15) is 0 Å². The van der Waals surface area contributed by atoms with Crippen molar-refractivity contribution in [2.75, 3.05) is 4.90 Å². The summed E-state index contributed by atoms with van der Waals surface area (Å²) in [6.45, 7) is 1.80. The quantitative estimate of drug-likeness (QED) is 0.439. The highest BCUT2D eigenvalue weighted by Gasteiger charge is 2.27. The van der Waals surface area contributed by atoms with E-state index in [1.165, 1.54) is 4.90 Å². The molecule has 0 aliphatic carbocycles. The molecule has 0 bridgehead atoms. The second-order valence-electron chi connectivity index (χ2n) is 6.23. The van der Waals surface area contributed by atoms with Crippen LogP contribution in [0, 0.1) is 0 Å². The molecule has 2 heterocycles. The number of rotatable bonds is 4. The molecule has 0 saturated heterocycles. The van der Waals surface area contributed by atoms with Crippen LogP contribution in [0.5, 0.6) is 0 Å². The molecular weight excluding hydrogens is 364 g/mol. The molecule has 1 amide bonds. The summed E-state index contributed by atoms with van der Waals surface area (Å²) in [6, 6.07) is 14.6. The van der Waals surface area contributed by atoms with Crippen LogP contribution in [0.25, 0.3) is 22.2 Å². The van der Waals surface area contributed by atoms with Gasteiger partial charge in [-0.1, -0.05) is 41.9 Å². The van der Waals surface area contributed by atoms with E-state index in [2.05, 4.69) is 15.0 Å². The van der Waals surface area contributed by atoms with E-state index < -0.39 is 12.1 Å². The average Bonchev–Trinajstić information content (AvgIpc) is 3.30. The summed E-state index contributed by atoms with van der Waals surface area (Å²) < 4.78 is 0. The first kappa shape index (κ1) is 17.2. The van der Waals surface area contributed by atoms with Crippen molar-refractivity contribution in [1.29, 1.82) is 0 Å². The van der Waals surface area contributed by atoms with Crippen LogP contribution in [0.15, 0.2) is 60.9 Å². The number of hydrogen-bond acceptors (Lipinski definition) is 2. The molecule has 6 nitrogen and oxygen atoms in total. The van der Waals surface area contributed by atoms with E-state index in [0.717, 1.165) is 22.2 Å². The Morgan fingerprint density at radius 2 is 1.93 bits per heavy atom. The summed E-state index contributed by atoms with van der Waals surface area (Å²) in [5.41, 5.74) is 3.07. The van der Waals surface area contributed by atoms with E-state index in [-0.39, 0.29) is 0 Å². The SMILES string of the molecule is CC(c1nc(-c2ccccc2)c[nH]1)N(C(=O)O)c1c[nH]c2cc(Cl)ccc12. The van der Waals surface area contributed by atoms with Gasteiger partial charge in [-0.3, -0.25) is 4.90 Å². The summed E-state index contributed by atoms with van der Waals surface area (Å²) >= 11 is 6.02. The molecule has 4 rings (SSSR count). The number of hydrogen-bond donors (Lipinski definition) is 3. The molecule has 0 aliphatic rings. The molecule has 0 radical (unpaired) electrons. The minimum Gasteiger partial charge on any atom is -0.465 e. The maximum Gasteiger partial charge on any atom is 0.412 e. The van der Waals surface area contributed by atoms with Crippen molar-refractivity contribution in [3.05, 3.63) is 71.8 Å². The number of carbonyl (C=O) groups is 1. The maximum absolute atomic E-state index is 12.0. The number of anilines is 1. The lowest BCUT2D eigenvalue weighted by Crippen LogP contribution is -2.32. The highest BCUT2D eigenvalue weighted by molar-refractivity contribution is 6.31. The Labute approximate surface area is 160 Å². The molecule has 2 aromatic heterocycles. The van der Waals surface area contributed by atoms with E-state index in [9.17, 15) is 9.90 Å². The van der Waals surface area contributed by atoms with Gasteiger partial charge in [0, 0.05) is 33.9 Å². The Kier molecular flexibility index (Phi) is 4.33. The van der Waals surface area contributed by atoms with Gasteiger partial charge < -0.3 is 15.1 Å². The Balaban J connectivity index is 1.72. The topological polar surface area (TPSA) is 85.0 Å². The fourth-order valence-corrected chi connectivity index (χ4v) is 3.36. The number of nitrogens with zero attached hydrogens (tertiary/aromatic N) is 2. The van der Waals surface area contributed by atoms with E-state index in [1.54, 1.807) is 31.5 Å². The Morgan fingerprint density at radius 3 is 2.67 bits per heavy atom. The van der Waals surface area contributed by atoms with Crippen molar-refractivity contribution in [1.82, 2.24) is 15.0 Å². The summed E-state index contributed by atoms with van der Waals surface area (Å²) in [4.78, 5) is 24.1. The van der Waals surface area contributed by atoms with Crippen molar-refractivity contribution in [3.63, 3.8) is 0 Å². The van der Waals surface area contributed by atoms with Crippen molar-refractivity contribution in [2.24, 2.45) is 0 Å². The van der Waals surface area contributed by atoms with Crippen LogP contribution in [-0.2, 0) is 0 Å². The Morgan fingerprint density at radius 1 is 1.15 bits per heavy atom. The molecular formula is C20H17ClN4O2. The van der Waals surface area contributed by atoms with Crippen molar-refractivity contribution in [3.8, 4) is 11.3 Å². The molecule has 27 heavy (non-hydrogen) atoms. The largest absolute Gasteiger partial charge is 0.465 e. The van der Waals surface area contributed by atoms with E-state index >= 15 is 0 Å². The fourth-order valence-electron chi connectivity index (χ4n) is 3.19. The first-order valence-corrected chi connectivity index (χ1v) is 8.82. The number of fused-ring (bicyclic) bond motifs is 1. The zero-order valence-corrected chi connectivity index (χ0v) is 15.2. The highest BCUT2D eigenvalue weighted by atomic mass is 35.5. The zero-order chi connectivity index (χ0) is 19.0. The van der Waals surface area contributed by atoms with Crippen molar-refractivity contribution >= 4 is 34.3 Å².